The molecule has 0 bridgehead atoms. The second-order valence-electron chi connectivity index (χ2n) is 6.77. The minimum absolute atomic E-state index is 0.235. The predicted molar refractivity (Wildman–Crippen MR) is 94.9 cm³/mol. The van der Waals surface area contributed by atoms with Crippen molar-refractivity contribution in [3.05, 3.63) is 42.0 Å². The van der Waals surface area contributed by atoms with E-state index in [0.29, 0.717) is 5.56 Å². The molecule has 0 radical (unpaired) electrons. The molecular formula is C19H23NO5. The fourth-order valence-electron chi connectivity index (χ4n) is 2.46. The van der Waals surface area contributed by atoms with Gasteiger partial charge in [-0.05, 0) is 55.3 Å². The van der Waals surface area contributed by atoms with Crippen molar-refractivity contribution in [2.24, 2.45) is 0 Å². The minimum Gasteiger partial charge on any atom is -0.497 e. The van der Waals surface area contributed by atoms with Crippen molar-refractivity contribution in [1.29, 1.82) is 0 Å². The van der Waals surface area contributed by atoms with E-state index < -0.39 is 23.7 Å². The van der Waals surface area contributed by atoms with Crippen LogP contribution in [0, 0.1) is 0 Å². The Hall–Kier alpha value is -2.76. The van der Waals surface area contributed by atoms with Gasteiger partial charge >= 0.3 is 12.1 Å². The molecule has 1 amide bonds. The van der Waals surface area contributed by atoms with Crippen LogP contribution in [0.4, 0.5) is 4.79 Å². The first-order chi connectivity index (χ1) is 11.7. The van der Waals surface area contributed by atoms with E-state index in [-0.39, 0.29) is 6.42 Å². The number of fused-ring (bicyclic) bond motifs is 1. The third-order valence-corrected chi connectivity index (χ3v) is 3.54. The number of carbonyl (C=O) groups is 2. The van der Waals surface area contributed by atoms with Gasteiger partial charge in [0.25, 0.3) is 0 Å². The van der Waals surface area contributed by atoms with Gasteiger partial charge in [0.2, 0.25) is 0 Å². The number of hydrogen-bond donors (Lipinski definition) is 2. The molecular weight excluding hydrogens is 322 g/mol. The van der Waals surface area contributed by atoms with Crippen molar-refractivity contribution in [3.8, 4) is 5.75 Å². The summed E-state index contributed by atoms with van der Waals surface area (Å²) in [4.78, 5) is 23.2. The van der Waals surface area contributed by atoms with Gasteiger partial charge < -0.3 is 19.9 Å². The Kier molecular flexibility index (Phi) is 5.51. The Morgan fingerprint density at radius 2 is 1.76 bits per heavy atom. The molecule has 0 fully saturated rings. The summed E-state index contributed by atoms with van der Waals surface area (Å²) in [5.74, 6) is -0.259. The number of carbonyl (C=O) groups excluding carboxylic acids is 1. The number of hydrogen-bond acceptors (Lipinski definition) is 4. The lowest BCUT2D eigenvalue weighted by Crippen LogP contribution is -2.35. The summed E-state index contributed by atoms with van der Waals surface area (Å²) in [5, 5.41) is 13.7. The number of carboxylic acids is 1. The number of nitrogens with one attached hydrogen (secondary N) is 1. The van der Waals surface area contributed by atoms with Crippen LogP contribution in [0.3, 0.4) is 0 Å². The lowest BCUT2D eigenvalue weighted by molar-refractivity contribution is -0.137. The fraction of sp³-hybridized carbons (Fsp3) is 0.368. The van der Waals surface area contributed by atoms with Crippen LogP contribution in [0.25, 0.3) is 10.8 Å². The summed E-state index contributed by atoms with van der Waals surface area (Å²) in [7, 11) is 1.60. The van der Waals surface area contributed by atoms with Crippen molar-refractivity contribution >= 4 is 22.8 Å². The molecule has 0 spiro atoms. The zero-order chi connectivity index (χ0) is 18.6. The first-order valence-corrected chi connectivity index (χ1v) is 7.97. The molecule has 2 rings (SSSR count). The normalized spacial score (nSPS) is 12.5. The summed E-state index contributed by atoms with van der Waals surface area (Å²) in [6, 6.07) is 10.5. The Morgan fingerprint density at radius 1 is 1.12 bits per heavy atom. The second-order valence-corrected chi connectivity index (χ2v) is 6.77. The molecule has 6 nitrogen and oxygen atoms in total. The molecule has 0 heterocycles. The minimum atomic E-state index is -1.00. The van der Waals surface area contributed by atoms with Gasteiger partial charge in [0.1, 0.15) is 11.4 Å². The summed E-state index contributed by atoms with van der Waals surface area (Å²) >= 11 is 0. The van der Waals surface area contributed by atoms with E-state index in [4.69, 9.17) is 14.6 Å². The zero-order valence-electron chi connectivity index (χ0n) is 14.8. The van der Waals surface area contributed by atoms with Crippen LogP contribution < -0.4 is 10.1 Å². The van der Waals surface area contributed by atoms with E-state index in [1.54, 1.807) is 33.9 Å². The van der Waals surface area contributed by atoms with E-state index in [0.717, 1.165) is 16.5 Å². The van der Waals surface area contributed by atoms with E-state index in [1.165, 1.54) is 0 Å². The van der Waals surface area contributed by atoms with Crippen LogP contribution in [-0.2, 0) is 9.53 Å². The van der Waals surface area contributed by atoms with E-state index in [2.05, 4.69) is 5.32 Å². The highest BCUT2D eigenvalue weighted by Gasteiger charge is 2.22. The number of benzene rings is 2. The smallest absolute Gasteiger partial charge is 0.408 e. The third kappa shape index (κ3) is 5.38. The van der Waals surface area contributed by atoms with Gasteiger partial charge in [-0.1, -0.05) is 18.2 Å². The van der Waals surface area contributed by atoms with Crippen LogP contribution in [-0.4, -0.2) is 29.9 Å². The van der Waals surface area contributed by atoms with Gasteiger partial charge in [-0.15, -0.1) is 0 Å². The van der Waals surface area contributed by atoms with Crippen molar-refractivity contribution in [3.63, 3.8) is 0 Å². The van der Waals surface area contributed by atoms with Crippen LogP contribution in [0.5, 0.6) is 5.75 Å². The molecule has 2 aromatic carbocycles. The Morgan fingerprint density at radius 3 is 2.36 bits per heavy atom. The highest BCUT2D eigenvalue weighted by molar-refractivity contribution is 5.85. The summed E-state index contributed by atoms with van der Waals surface area (Å²) in [6.45, 7) is 5.26. The fourth-order valence-corrected chi connectivity index (χ4v) is 2.46. The SMILES string of the molecule is COc1ccc2cc([C@H](CC(=O)O)NC(=O)OC(C)(C)C)ccc2c1. The average molecular weight is 345 g/mol. The Bertz CT molecular complexity index is 779. The topological polar surface area (TPSA) is 84.9 Å². The number of methoxy groups -OCH3 is 1. The average Bonchev–Trinajstić information content (AvgIpc) is 2.51. The first-order valence-electron chi connectivity index (χ1n) is 7.97. The van der Waals surface area contributed by atoms with Gasteiger partial charge in [0.05, 0.1) is 19.6 Å². The molecule has 0 aliphatic heterocycles. The monoisotopic (exact) mass is 345 g/mol. The molecule has 2 aromatic rings. The number of amides is 1. The van der Waals surface area contributed by atoms with Gasteiger partial charge in [0.15, 0.2) is 0 Å². The van der Waals surface area contributed by atoms with E-state index in [1.807, 2.05) is 30.3 Å². The number of aliphatic carboxylic acids is 1. The first kappa shape index (κ1) is 18.6. The lowest BCUT2D eigenvalue weighted by atomic mass is 9.99. The van der Waals surface area contributed by atoms with Gasteiger partial charge in [0, 0.05) is 0 Å². The van der Waals surface area contributed by atoms with Crippen LogP contribution in [0.1, 0.15) is 38.8 Å². The highest BCUT2D eigenvalue weighted by atomic mass is 16.6. The largest absolute Gasteiger partial charge is 0.497 e. The maximum absolute atomic E-state index is 12.0. The van der Waals surface area contributed by atoms with Crippen molar-refractivity contribution < 1.29 is 24.2 Å². The summed E-state index contributed by atoms with van der Waals surface area (Å²) in [5.41, 5.74) is 0.0450. The summed E-state index contributed by atoms with van der Waals surface area (Å²) < 4.78 is 10.4. The second kappa shape index (κ2) is 7.42. The molecule has 1 atom stereocenters. The number of ether oxygens (including phenoxy) is 2. The number of alkyl carbamates (subject to hydrolysis) is 1. The number of rotatable bonds is 5. The van der Waals surface area contributed by atoms with Crippen molar-refractivity contribution in [2.75, 3.05) is 7.11 Å². The molecule has 0 saturated heterocycles. The van der Waals surface area contributed by atoms with Crippen LogP contribution in [0.2, 0.25) is 0 Å². The molecule has 0 aliphatic rings. The standard InChI is InChI=1S/C19H23NO5/c1-19(2,3)25-18(23)20-16(11-17(21)22)14-6-5-13-10-15(24-4)8-7-12(13)9-14/h5-10,16H,11H2,1-4H3,(H,20,23)(H,21,22)/t16-/m0/s1. The van der Waals surface area contributed by atoms with Crippen LogP contribution >= 0.6 is 0 Å². The molecule has 6 heteroatoms. The quantitative estimate of drug-likeness (QED) is 0.859. The maximum atomic E-state index is 12.0. The highest BCUT2D eigenvalue weighted by Crippen LogP contribution is 2.26. The van der Waals surface area contributed by atoms with Gasteiger partial charge in [-0.3, -0.25) is 4.79 Å². The van der Waals surface area contributed by atoms with E-state index >= 15 is 0 Å². The maximum Gasteiger partial charge on any atom is 0.408 e. The van der Waals surface area contributed by atoms with Gasteiger partial charge in [-0.2, -0.15) is 0 Å². The van der Waals surface area contributed by atoms with Gasteiger partial charge in [-0.25, -0.2) is 4.79 Å². The Labute approximate surface area is 146 Å². The van der Waals surface area contributed by atoms with Crippen LogP contribution in [0.15, 0.2) is 36.4 Å². The van der Waals surface area contributed by atoms with E-state index in [9.17, 15) is 9.59 Å². The molecule has 134 valence electrons. The zero-order valence-corrected chi connectivity index (χ0v) is 14.8. The molecule has 2 N–H and O–H groups in total. The molecule has 0 saturated carbocycles. The molecule has 0 unspecified atom stereocenters. The lowest BCUT2D eigenvalue weighted by Gasteiger charge is -2.23. The van der Waals surface area contributed by atoms with Crippen molar-refractivity contribution in [2.45, 2.75) is 38.8 Å². The van der Waals surface area contributed by atoms with Crippen molar-refractivity contribution in [1.82, 2.24) is 5.32 Å². The Balaban J connectivity index is 2.29. The molecule has 25 heavy (non-hydrogen) atoms. The molecule has 0 aliphatic carbocycles. The number of carboxylic acid groups (broad SMARTS) is 1. The third-order valence-electron chi connectivity index (χ3n) is 3.54. The molecule has 0 aromatic heterocycles. The predicted octanol–water partition coefficient (Wildman–Crippen LogP) is 3.89. The summed E-state index contributed by atoms with van der Waals surface area (Å²) in [6.07, 6.45) is -0.880.